The molecule has 0 heterocycles. The molecule has 0 amide bonds. The maximum Gasteiger partial charge on any atom is 0.411 e. The monoisotopic (exact) mass is 388 g/mol. The lowest BCUT2D eigenvalue weighted by molar-refractivity contribution is -0.176. The largest absolute Gasteiger partial charge is 0.411 e. The number of ether oxygens (including phenoxy) is 1. The van der Waals surface area contributed by atoms with Gasteiger partial charge in [-0.3, -0.25) is 0 Å². The van der Waals surface area contributed by atoms with Crippen LogP contribution in [-0.4, -0.2) is 56.4 Å². The summed E-state index contributed by atoms with van der Waals surface area (Å²) in [4.78, 5) is 6.79. The van der Waals surface area contributed by atoms with E-state index in [1.165, 1.54) is 0 Å². The number of hydrogen-bond acceptors (Lipinski definition) is 3. The van der Waals surface area contributed by atoms with Crippen molar-refractivity contribution in [2.75, 3.05) is 33.3 Å². The Morgan fingerprint density at radius 1 is 1.15 bits per heavy atom. The van der Waals surface area contributed by atoms with Gasteiger partial charge in [0.25, 0.3) is 0 Å². The molecule has 0 unspecified atom stereocenters. The predicted molar refractivity (Wildman–Crippen MR) is 103 cm³/mol. The summed E-state index contributed by atoms with van der Waals surface area (Å²) >= 11 is 0. The second-order valence-electron chi connectivity index (χ2n) is 6.62. The molecule has 0 aliphatic heterocycles. The fourth-order valence-corrected chi connectivity index (χ4v) is 2.15. The van der Waals surface area contributed by atoms with Gasteiger partial charge in [0.15, 0.2) is 5.96 Å². The number of guanidine groups is 1. The van der Waals surface area contributed by atoms with Gasteiger partial charge in [-0.05, 0) is 38.9 Å². The first-order valence-corrected chi connectivity index (χ1v) is 9.16. The van der Waals surface area contributed by atoms with E-state index in [0.717, 1.165) is 31.2 Å². The van der Waals surface area contributed by atoms with Gasteiger partial charge in [-0.25, -0.2) is 4.99 Å². The van der Waals surface area contributed by atoms with Crippen molar-refractivity contribution in [1.82, 2.24) is 15.5 Å². The summed E-state index contributed by atoms with van der Waals surface area (Å²) in [5.41, 5.74) is 1.68. The molecule has 0 aromatic heterocycles. The summed E-state index contributed by atoms with van der Waals surface area (Å²) in [5.74, 6) is 0.743. The van der Waals surface area contributed by atoms with Gasteiger partial charge in [-0.15, -0.1) is 0 Å². The van der Waals surface area contributed by atoms with Crippen molar-refractivity contribution in [1.29, 1.82) is 0 Å². The Balaban J connectivity index is 2.48. The highest BCUT2D eigenvalue weighted by Crippen LogP contribution is 2.16. The Kier molecular flexibility index (Phi) is 10.2. The van der Waals surface area contributed by atoms with Crippen LogP contribution in [0.5, 0.6) is 0 Å². The number of benzene rings is 1. The molecule has 0 bridgehead atoms. The standard InChI is InChI=1S/C19H31F3N4O/c1-5-23-18(24-10-11-26(4)15(2)3)25-12-16-6-8-17(9-7-16)13-27-14-19(20,21)22/h6-9,15H,5,10-14H2,1-4H3,(H2,23,24,25). The van der Waals surface area contributed by atoms with Crippen LogP contribution < -0.4 is 10.6 Å². The maximum atomic E-state index is 12.1. The summed E-state index contributed by atoms with van der Waals surface area (Å²) in [5, 5.41) is 6.50. The molecule has 8 heteroatoms. The second-order valence-corrected chi connectivity index (χ2v) is 6.62. The SMILES string of the molecule is CCNC(=NCc1ccc(COCC(F)(F)F)cc1)NCCN(C)C(C)C. The molecule has 1 aromatic carbocycles. The molecule has 0 aliphatic carbocycles. The zero-order valence-corrected chi connectivity index (χ0v) is 16.6. The van der Waals surface area contributed by atoms with E-state index in [1.807, 2.05) is 19.1 Å². The van der Waals surface area contributed by atoms with Gasteiger partial charge in [-0.1, -0.05) is 24.3 Å². The number of nitrogens with zero attached hydrogens (tertiary/aromatic N) is 2. The van der Waals surface area contributed by atoms with E-state index in [1.54, 1.807) is 12.1 Å². The first-order valence-electron chi connectivity index (χ1n) is 9.16. The smallest absolute Gasteiger partial charge is 0.367 e. The number of alkyl halides is 3. The average Bonchev–Trinajstić information content (AvgIpc) is 2.59. The molecular weight excluding hydrogens is 357 g/mol. The quantitative estimate of drug-likeness (QED) is 0.478. The number of aliphatic imine (C=N–C) groups is 1. The van der Waals surface area contributed by atoms with Crippen molar-refractivity contribution < 1.29 is 17.9 Å². The number of hydrogen-bond donors (Lipinski definition) is 2. The molecule has 0 radical (unpaired) electrons. The highest BCUT2D eigenvalue weighted by atomic mass is 19.4. The zero-order chi connectivity index (χ0) is 20.3. The maximum absolute atomic E-state index is 12.1. The Labute approximate surface area is 160 Å². The molecule has 154 valence electrons. The number of likely N-dealkylation sites (N-methyl/N-ethyl adjacent to an activating group) is 1. The molecule has 0 saturated carbocycles. The molecule has 27 heavy (non-hydrogen) atoms. The van der Waals surface area contributed by atoms with Gasteiger partial charge in [0.2, 0.25) is 0 Å². The van der Waals surface area contributed by atoms with Crippen molar-refractivity contribution in [3.63, 3.8) is 0 Å². The van der Waals surface area contributed by atoms with Crippen LogP contribution in [0.2, 0.25) is 0 Å². The summed E-state index contributed by atoms with van der Waals surface area (Å²) < 4.78 is 40.9. The highest BCUT2D eigenvalue weighted by molar-refractivity contribution is 5.79. The van der Waals surface area contributed by atoms with E-state index in [0.29, 0.717) is 18.2 Å². The Morgan fingerprint density at radius 3 is 2.33 bits per heavy atom. The van der Waals surface area contributed by atoms with Crippen LogP contribution in [0.1, 0.15) is 31.9 Å². The Bertz CT molecular complexity index is 559. The van der Waals surface area contributed by atoms with Crippen molar-refractivity contribution in [3.8, 4) is 0 Å². The van der Waals surface area contributed by atoms with E-state index < -0.39 is 12.8 Å². The van der Waals surface area contributed by atoms with E-state index in [9.17, 15) is 13.2 Å². The zero-order valence-electron chi connectivity index (χ0n) is 16.6. The molecule has 0 spiro atoms. The third-order valence-corrected chi connectivity index (χ3v) is 3.96. The van der Waals surface area contributed by atoms with E-state index in [-0.39, 0.29) is 6.61 Å². The van der Waals surface area contributed by atoms with Gasteiger partial charge in [-0.2, -0.15) is 13.2 Å². The van der Waals surface area contributed by atoms with Crippen molar-refractivity contribution in [2.24, 2.45) is 4.99 Å². The summed E-state index contributed by atoms with van der Waals surface area (Å²) in [7, 11) is 2.08. The highest BCUT2D eigenvalue weighted by Gasteiger charge is 2.27. The summed E-state index contributed by atoms with van der Waals surface area (Å²) in [6, 6.07) is 7.72. The lowest BCUT2D eigenvalue weighted by atomic mass is 10.1. The lowest BCUT2D eigenvalue weighted by Crippen LogP contribution is -2.42. The topological polar surface area (TPSA) is 48.9 Å². The van der Waals surface area contributed by atoms with Gasteiger partial charge in [0.1, 0.15) is 6.61 Å². The summed E-state index contributed by atoms with van der Waals surface area (Å²) in [6.45, 7) is 7.96. The van der Waals surface area contributed by atoms with Crippen LogP contribution in [0.25, 0.3) is 0 Å². The lowest BCUT2D eigenvalue weighted by Gasteiger charge is -2.21. The Hall–Kier alpha value is -1.80. The molecular formula is C19H31F3N4O. The predicted octanol–water partition coefficient (Wildman–Crippen LogP) is 3.16. The van der Waals surface area contributed by atoms with Crippen LogP contribution in [-0.2, 0) is 17.9 Å². The molecule has 1 aromatic rings. The van der Waals surface area contributed by atoms with E-state index in [4.69, 9.17) is 0 Å². The number of rotatable bonds is 10. The fourth-order valence-electron chi connectivity index (χ4n) is 2.15. The van der Waals surface area contributed by atoms with E-state index in [2.05, 4.69) is 46.2 Å². The third kappa shape index (κ3) is 10.8. The van der Waals surface area contributed by atoms with Crippen LogP contribution in [0.3, 0.4) is 0 Å². The fraction of sp³-hybridized carbons (Fsp3) is 0.632. The molecule has 0 saturated heterocycles. The van der Waals surface area contributed by atoms with Crippen LogP contribution in [0, 0.1) is 0 Å². The van der Waals surface area contributed by atoms with Gasteiger partial charge >= 0.3 is 6.18 Å². The normalized spacial score (nSPS) is 12.7. The van der Waals surface area contributed by atoms with Crippen molar-refractivity contribution >= 4 is 5.96 Å². The first-order chi connectivity index (χ1) is 12.7. The van der Waals surface area contributed by atoms with E-state index >= 15 is 0 Å². The average molecular weight is 388 g/mol. The molecule has 1 rings (SSSR count). The third-order valence-electron chi connectivity index (χ3n) is 3.96. The molecule has 0 atom stereocenters. The second kappa shape index (κ2) is 11.8. The number of nitrogens with one attached hydrogen (secondary N) is 2. The summed E-state index contributed by atoms with van der Waals surface area (Å²) in [6.07, 6.45) is -4.30. The van der Waals surface area contributed by atoms with Crippen molar-refractivity contribution in [2.45, 2.75) is 46.1 Å². The van der Waals surface area contributed by atoms with Crippen LogP contribution in [0.15, 0.2) is 29.3 Å². The van der Waals surface area contributed by atoms with Crippen LogP contribution >= 0.6 is 0 Å². The first kappa shape index (κ1) is 23.2. The molecule has 0 fully saturated rings. The Morgan fingerprint density at radius 2 is 1.78 bits per heavy atom. The minimum atomic E-state index is -4.30. The van der Waals surface area contributed by atoms with Gasteiger partial charge in [0, 0.05) is 25.7 Å². The molecule has 0 aliphatic rings. The van der Waals surface area contributed by atoms with Crippen molar-refractivity contribution in [3.05, 3.63) is 35.4 Å². The van der Waals surface area contributed by atoms with Gasteiger partial charge in [0.05, 0.1) is 13.2 Å². The van der Waals surface area contributed by atoms with Gasteiger partial charge < -0.3 is 20.3 Å². The minimum Gasteiger partial charge on any atom is -0.367 e. The van der Waals surface area contributed by atoms with Crippen LogP contribution in [0.4, 0.5) is 13.2 Å². The molecule has 5 nitrogen and oxygen atoms in total. The molecule has 2 N–H and O–H groups in total. The minimum absolute atomic E-state index is 0.0589. The number of halogens is 3.